The monoisotopic (exact) mass is 267 g/mol. The number of aliphatic hydroxyl groups excluding tert-OH is 1. The zero-order valence-electron chi connectivity index (χ0n) is 10.8. The molecular formula is C12H17N3O4. The van der Waals surface area contributed by atoms with E-state index in [2.05, 4.69) is 10.1 Å². The molecule has 2 fully saturated rings. The van der Waals surface area contributed by atoms with Gasteiger partial charge >= 0.3 is 5.97 Å². The average molecular weight is 267 g/mol. The first-order valence-electron chi connectivity index (χ1n) is 6.50. The Balaban J connectivity index is 1.67. The molecule has 1 N–H and O–H groups in total. The number of likely N-dealkylation sites (tertiary alicyclic amines) is 1. The van der Waals surface area contributed by atoms with E-state index in [-0.39, 0.29) is 5.97 Å². The molecule has 2 atom stereocenters. The molecule has 1 saturated heterocycles. The number of carbonyl (C=O) groups excluding carboxylic acids is 1. The van der Waals surface area contributed by atoms with E-state index in [1.807, 2.05) is 4.90 Å². The fourth-order valence-corrected chi connectivity index (χ4v) is 2.44. The van der Waals surface area contributed by atoms with Crippen molar-refractivity contribution in [1.29, 1.82) is 0 Å². The number of carbonyl (C=O) groups is 1. The predicted molar refractivity (Wildman–Crippen MR) is 63.1 cm³/mol. The molecule has 2 heterocycles. The van der Waals surface area contributed by atoms with Crippen LogP contribution in [0.5, 0.6) is 0 Å². The molecule has 104 valence electrons. The molecule has 1 aromatic heterocycles. The highest BCUT2D eigenvalue weighted by atomic mass is 16.5. The highest BCUT2D eigenvalue weighted by Crippen LogP contribution is 2.38. The quantitative estimate of drug-likeness (QED) is 0.771. The van der Waals surface area contributed by atoms with Crippen LogP contribution >= 0.6 is 0 Å². The molecular weight excluding hydrogens is 250 g/mol. The standard InChI is InChI=1S/C12H17N3O4/c1-18-12(17)9-4-8(16)5-15(9)6-10-13-11(19-14-10)7-2-3-7/h7-9,16H,2-6H2,1H3. The lowest BCUT2D eigenvalue weighted by Gasteiger charge is -2.19. The van der Waals surface area contributed by atoms with Crippen molar-refractivity contribution in [2.45, 2.75) is 43.9 Å². The number of hydrogen-bond acceptors (Lipinski definition) is 7. The maximum Gasteiger partial charge on any atom is 0.323 e. The second kappa shape index (κ2) is 4.90. The molecule has 0 radical (unpaired) electrons. The van der Waals surface area contributed by atoms with E-state index in [1.165, 1.54) is 7.11 Å². The average Bonchev–Trinajstić information content (AvgIpc) is 3.04. The fraction of sp³-hybridized carbons (Fsp3) is 0.750. The van der Waals surface area contributed by atoms with E-state index in [1.54, 1.807) is 0 Å². The lowest BCUT2D eigenvalue weighted by Crippen LogP contribution is -2.36. The zero-order chi connectivity index (χ0) is 13.4. The third-order valence-corrected chi connectivity index (χ3v) is 3.61. The van der Waals surface area contributed by atoms with Gasteiger partial charge in [0.15, 0.2) is 5.82 Å². The predicted octanol–water partition coefficient (Wildman–Crippen LogP) is 0.0552. The van der Waals surface area contributed by atoms with Crippen LogP contribution in [0, 0.1) is 0 Å². The summed E-state index contributed by atoms with van der Waals surface area (Å²) in [6.07, 6.45) is 2.09. The maximum absolute atomic E-state index is 11.6. The van der Waals surface area contributed by atoms with Crippen LogP contribution in [0.25, 0.3) is 0 Å². The van der Waals surface area contributed by atoms with E-state index in [0.29, 0.717) is 37.1 Å². The number of nitrogens with zero attached hydrogens (tertiary/aromatic N) is 3. The Morgan fingerprint density at radius 2 is 2.37 bits per heavy atom. The molecule has 0 amide bonds. The van der Waals surface area contributed by atoms with Crippen LogP contribution in [0.4, 0.5) is 0 Å². The Morgan fingerprint density at radius 3 is 3.05 bits per heavy atom. The van der Waals surface area contributed by atoms with E-state index < -0.39 is 12.1 Å². The lowest BCUT2D eigenvalue weighted by atomic mass is 10.2. The van der Waals surface area contributed by atoms with Gasteiger partial charge < -0.3 is 14.4 Å². The summed E-state index contributed by atoms with van der Waals surface area (Å²) < 4.78 is 9.93. The number of ether oxygens (including phenoxy) is 1. The molecule has 0 aromatic carbocycles. The summed E-state index contributed by atoms with van der Waals surface area (Å²) in [5.41, 5.74) is 0. The van der Waals surface area contributed by atoms with Crippen LogP contribution in [0.15, 0.2) is 4.52 Å². The molecule has 1 aromatic rings. The topological polar surface area (TPSA) is 88.7 Å². The Bertz CT molecular complexity index is 471. The first-order chi connectivity index (χ1) is 9.17. The second-order valence-corrected chi connectivity index (χ2v) is 5.18. The number of hydrogen-bond donors (Lipinski definition) is 1. The Morgan fingerprint density at radius 1 is 1.58 bits per heavy atom. The Kier molecular flexibility index (Phi) is 3.24. The molecule has 1 saturated carbocycles. The highest BCUT2D eigenvalue weighted by Gasteiger charge is 2.37. The number of aromatic nitrogens is 2. The van der Waals surface area contributed by atoms with E-state index >= 15 is 0 Å². The minimum Gasteiger partial charge on any atom is -0.468 e. The van der Waals surface area contributed by atoms with Gasteiger partial charge in [0.1, 0.15) is 6.04 Å². The van der Waals surface area contributed by atoms with Crippen molar-refractivity contribution < 1.29 is 19.2 Å². The van der Waals surface area contributed by atoms with E-state index in [4.69, 9.17) is 9.26 Å². The van der Waals surface area contributed by atoms with Gasteiger partial charge in [-0.05, 0) is 12.8 Å². The van der Waals surface area contributed by atoms with Gasteiger partial charge in [0.2, 0.25) is 5.89 Å². The minimum atomic E-state index is -0.515. The van der Waals surface area contributed by atoms with E-state index in [9.17, 15) is 9.90 Å². The van der Waals surface area contributed by atoms with Crippen molar-refractivity contribution in [3.05, 3.63) is 11.7 Å². The molecule has 3 rings (SSSR count). The zero-order valence-corrected chi connectivity index (χ0v) is 10.8. The van der Waals surface area contributed by atoms with Gasteiger partial charge in [-0.2, -0.15) is 4.98 Å². The third kappa shape index (κ3) is 2.62. The van der Waals surface area contributed by atoms with Gasteiger partial charge in [0, 0.05) is 18.9 Å². The van der Waals surface area contributed by atoms with Crippen LogP contribution in [-0.4, -0.2) is 51.9 Å². The van der Waals surface area contributed by atoms with Gasteiger partial charge in [-0.1, -0.05) is 5.16 Å². The normalized spacial score (nSPS) is 27.7. The number of rotatable bonds is 4. The van der Waals surface area contributed by atoms with Crippen molar-refractivity contribution in [2.24, 2.45) is 0 Å². The van der Waals surface area contributed by atoms with Crippen molar-refractivity contribution >= 4 is 5.97 Å². The molecule has 19 heavy (non-hydrogen) atoms. The van der Waals surface area contributed by atoms with Crippen molar-refractivity contribution in [2.75, 3.05) is 13.7 Å². The summed E-state index contributed by atoms with van der Waals surface area (Å²) in [6, 6.07) is -0.428. The summed E-state index contributed by atoms with van der Waals surface area (Å²) in [6.45, 7) is 0.820. The summed E-state index contributed by atoms with van der Waals surface area (Å²) in [4.78, 5) is 17.8. The molecule has 7 heteroatoms. The number of aliphatic hydroxyl groups is 1. The molecule has 0 spiro atoms. The van der Waals surface area contributed by atoms with Crippen LogP contribution < -0.4 is 0 Å². The lowest BCUT2D eigenvalue weighted by molar-refractivity contribution is -0.146. The molecule has 1 aliphatic heterocycles. The number of methoxy groups -OCH3 is 1. The van der Waals surface area contributed by atoms with Gasteiger partial charge in [0.05, 0.1) is 19.8 Å². The van der Waals surface area contributed by atoms with Gasteiger partial charge in [-0.3, -0.25) is 9.69 Å². The van der Waals surface area contributed by atoms with Crippen LogP contribution in [0.2, 0.25) is 0 Å². The minimum absolute atomic E-state index is 0.331. The van der Waals surface area contributed by atoms with Crippen molar-refractivity contribution in [3.8, 4) is 0 Å². The van der Waals surface area contributed by atoms with Crippen molar-refractivity contribution in [1.82, 2.24) is 15.0 Å². The number of β-amino-alcohol motifs (C(OH)–C–C–N with tert-alkyl or cyclic N) is 1. The smallest absolute Gasteiger partial charge is 0.323 e. The van der Waals surface area contributed by atoms with Crippen LogP contribution in [0.3, 0.4) is 0 Å². The van der Waals surface area contributed by atoms with Gasteiger partial charge in [-0.25, -0.2) is 0 Å². The maximum atomic E-state index is 11.6. The summed E-state index contributed by atoms with van der Waals surface area (Å²) in [7, 11) is 1.35. The van der Waals surface area contributed by atoms with Crippen LogP contribution in [-0.2, 0) is 16.1 Å². The summed E-state index contributed by atoms with van der Waals surface area (Å²) >= 11 is 0. The van der Waals surface area contributed by atoms with Crippen molar-refractivity contribution in [3.63, 3.8) is 0 Å². The SMILES string of the molecule is COC(=O)C1CC(O)CN1Cc1noc(C2CC2)n1. The fourth-order valence-electron chi connectivity index (χ4n) is 2.44. The van der Waals surface area contributed by atoms with E-state index in [0.717, 1.165) is 12.8 Å². The largest absolute Gasteiger partial charge is 0.468 e. The first-order valence-corrected chi connectivity index (χ1v) is 6.50. The highest BCUT2D eigenvalue weighted by molar-refractivity contribution is 5.76. The van der Waals surface area contributed by atoms with Crippen LogP contribution in [0.1, 0.15) is 36.9 Å². The third-order valence-electron chi connectivity index (χ3n) is 3.61. The molecule has 1 aliphatic carbocycles. The molecule has 7 nitrogen and oxygen atoms in total. The molecule has 2 aliphatic rings. The number of esters is 1. The first kappa shape index (κ1) is 12.6. The molecule has 2 unspecified atom stereocenters. The van der Waals surface area contributed by atoms with Gasteiger partial charge in [0.25, 0.3) is 0 Å². The Hall–Kier alpha value is -1.47. The second-order valence-electron chi connectivity index (χ2n) is 5.18. The Labute approximate surface area is 110 Å². The van der Waals surface area contributed by atoms with Gasteiger partial charge in [-0.15, -0.1) is 0 Å². The summed E-state index contributed by atoms with van der Waals surface area (Å²) in [5, 5.41) is 13.6. The molecule has 0 bridgehead atoms. The summed E-state index contributed by atoms with van der Waals surface area (Å²) in [5.74, 6) is 1.33.